The largest absolute Gasteiger partial charge is 2.00 e. The normalized spacial score (nSPS) is 11.2. The van der Waals surface area contributed by atoms with Crippen molar-refractivity contribution in [2.45, 2.75) is 72.6 Å². The van der Waals surface area contributed by atoms with Crippen molar-refractivity contribution < 1.29 is 46.8 Å². The Morgan fingerprint density at radius 3 is 1.18 bits per heavy atom. The molecule has 0 saturated carbocycles. The maximum atomic E-state index is 11.0. The third-order valence-corrected chi connectivity index (χ3v) is 7.14. The fourth-order valence-corrected chi connectivity index (χ4v) is 4.83. The van der Waals surface area contributed by atoms with E-state index in [1.54, 1.807) is 12.4 Å². The van der Waals surface area contributed by atoms with E-state index < -0.39 is 11.9 Å². The van der Waals surface area contributed by atoms with Gasteiger partial charge in [-0.3, -0.25) is 9.98 Å². The Morgan fingerprint density at radius 2 is 0.900 bits per heavy atom. The minimum Gasteiger partial charge on any atom is -0.550 e. The van der Waals surface area contributed by atoms with E-state index in [4.69, 9.17) is 19.8 Å². The number of aromatic hydroxyl groups is 2. The number of nitrogens with zero attached hydrogens (tertiary/aromatic N) is 2. The molecule has 0 atom stereocenters. The quantitative estimate of drug-likeness (QED) is 0.158. The van der Waals surface area contributed by atoms with Crippen molar-refractivity contribution in [3.8, 4) is 33.8 Å². The van der Waals surface area contributed by atoms with Gasteiger partial charge in [-0.05, 0) is 77.6 Å². The third kappa shape index (κ3) is 14.4. The van der Waals surface area contributed by atoms with Crippen LogP contribution in [0.3, 0.4) is 0 Å². The van der Waals surface area contributed by atoms with Gasteiger partial charge in [0.05, 0.1) is 0 Å². The van der Waals surface area contributed by atoms with Crippen LogP contribution in [0.25, 0.3) is 22.3 Å². The van der Waals surface area contributed by atoms with Gasteiger partial charge in [0.15, 0.2) is 0 Å². The number of rotatable bonds is 8. The van der Waals surface area contributed by atoms with E-state index in [0.29, 0.717) is 13.1 Å². The van der Waals surface area contributed by atoms with Gasteiger partial charge in [0, 0.05) is 59.7 Å². The summed E-state index contributed by atoms with van der Waals surface area (Å²) in [5, 5.41) is 39.8. The molecule has 0 amide bonds. The van der Waals surface area contributed by atoms with E-state index in [0.717, 1.165) is 64.8 Å². The number of phenolic OH excluding ortho intramolecular Hbond substituents is 2. The van der Waals surface area contributed by atoms with Gasteiger partial charge in [0.1, 0.15) is 11.5 Å². The van der Waals surface area contributed by atoms with Crippen LogP contribution in [0.1, 0.15) is 84.1 Å². The molecule has 267 valence electrons. The van der Waals surface area contributed by atoms with Crippen LogP contribution >= 0.6 is 0 Å². The number of aliphatic carboxylic acids is 2. The monoisotopic (exact) mass is 723 g/mol. The minimum absolute atomic E-state index is 0. The minimum atomic E-state index is -1.08. The summed E-state index contributed by atoms with van der Waals surface area (Å²) in [4.78, 5) is 27.0. The van der Waals surface area contributed by atoms with Gasteiger partial charge in [-0.25, -0.2) is 0 Å². The molecule has 0 fully saturated rings. The summed E-state index contributed by atoms with van der Waals surface area (Å²) in [6, 6.07) is 28.6. The second-order valence-corrected chi connectivity index (χ2v) is 13.6. The molecule has 4 aromatic rings. The smallest absolute Gasteiger partial charge is 0.550 e. The van der Waals surface area contributed by atoms with Crippen LogP contribution in [0.15, 0.2) is 94.9 Å². The average Bonchev–Trinajstić information content (AvgIpc) is 3.01. The van der Waals surface area contributed by atoms with Crippen molar-refractivity contribution in [2.75, 3.05) is 13.1 Å². The zero-order chi connectivity index (χ0) is 36.8. The number of carbonyl (C=O) groups excluding carboxylic acids is 2. The van der Waals surface area contributed by atoms with Crippen LogP contribution in [0, 0.1) is 0 Å². The predicted octanol–water partition coefficient (Wildman–Crippen LogP) is 6.46. The Balaban J connectivity index is 0.00000125. The van der Waals surface area contributed by atoms with Crippen molar-refractivity contribution in [2.24, 2.45) is 9.98 Å². The summed E-state index contributed by atoms with van der Waals surface area (Å²) in [6.45, 7) is 15.7. The average molecular weight is 724 g/mol. The molecule has 9 heteroatoms. The fourth-order valence-electron chi connectivity index (χ4n) is 4.83. The van der Waals surface area contributed by atoms with Gasteiger partial charge in [0.25, 0.3) is 0 Å². The number of hydrogen-bond acceptors (Lipinski definition) is 8. The first-order valence-electron chi connectivity index (χ1n) is 16.1. The summed E-state index contributed by atoms with van der Waals surface area (Å²) < 4.78 is 0. The SMILES string of the molecule is CC(=O)[O-].CC(=O)[O-].CC(C)(C)c1cc(-c2ccccc2)cc(C=NCCCN=Cc2cc(-c3ccccc3)cc(C(C)(C)C)c2O)c1O.[Co+2]. The molecule has 0 spiro atoms. The van der Waals surface area contributed by atoms with Crippen LogP contribution < -0.4 is 10.2 Å². The molecule has 0 aliphatic carbocycles. The maximum Gasteiger partial charge on any atom is 2.00 e. The van der Waals surface area contributed by atoms with Crippen LogP contribution in [-0.4, -0.2) is 47.7 Å². The van der Waals surface area contributed by atoms with E-state index in [-0.39, 0.29) is 39.1 Å². The van der Waals surface area contributed by atoms with Gasteiger partial charge in [-0.15, -0.1) is 0 Å². The third-order valence-electron chi connectivity index (χ3n) is 7.14. The van der Waals surface area contributed by atoms with Gasteiger partial charge in [-0.1, -0.05) is 102 Å². The summed E-state index contributed by atoms with van der Waals surface area (Å²) in [6.07, 6.45) is 4.29. The second kappa shape index (κ2) is 20.1. The number of aliphatic imine (C=N–C) groups is 2. The molecular formula is C41H48CoN2O6. The topological polar surface area (TPSA) is 145 Å². The number of carbonyl (C=O) groups is 2. The predicted molar refractivity (Wildman–Crippen MR) is 195 cm³/mol. The van der Waals surface area contributed by atoms with Crippen molar-refractivity contribution in [3.63, 3.8) is 0 Å². The number of benzene rings is 4. The molecule has 4 rings (SSSR count). The molecular weight excluding hydrogens is 675 g/mol. The van der Waals surface area contributed by atoms with Gasteiger partial charge in [-0.2, -0.15) is 0 Å². The molecule has 2 N–H and O–H groups in total. The molecule has 0 saturated heterocycles. The number of carboxylic acids is 2. The first-order chi connectivity index (χ1) is 22.9. The number of hydrogen-bond donors (Lipinski definition) is 2. The zero-order valence-electron chi connectivity index (χ0n) is 30.1. The van der Waals surface area contributed by atoms with E-state index in [1.807, 2.05) is 48.5 Å². The molecule has 0 aliphatic rings. The van der Waals surface area contributed by atoms with E-state index in [1.165, 1.54) is 0 Å². The number of carboxylic acid groups (broad SMARTS) is 2. The number of phenols is 2. The van der Waals surface area contributed by atoms with Crippen LogP contribution in [0.4, 0.5) is 0 Å². The Bertz CT molecular complexity index is 1600. The Kier molecular flexibility index (Phi) is 17.4. The second-order valence-electron chi connectivity index (χ2n) is 13.6. The standard InChI is InChI=1S/C37H42N2O2.2C2H4O2.Co/c1-36(2,3)32-22-28(26-14-9-7-10-15-26)20-30(34(32)40)24-38-18-13-19-39-25-31-21-29(27-16-11-8-12-17-27)23-33(35(31)41)37(4,5)6;2*1-2(3)4;/h7-12,14-17,20-25,40-41H,13,18-19H2,1-6H3;2*1H3,(H,3,4);/q;;;+2/p-2. The maximum absolute atomic E-state index is 11.0. The van der Waals surface area contributed by atoms with E-state index in [2.05, 4.69) is 87.9 Å². The first kappa shape index (κ1) is 43.3. The summed E-state index contributed by atoms with van der Waals surface area (Å²) >= 11 is 0. The molecule has 0 aliphatic heterocycles. The van der Waals surface area contributed by atoms with Crippen LogP contribution in [0.5, 0.6) is 11.5 Å². The summed E-state index contributed by atoms with van der Waals surface area (Å²) in [5.41, 5.74) is 7.17. The molecule has 0 heterocycles. The Morgan fingerprint density at radius 1 is 0.600 bits per heavy atom. The molecule has 0 unspecified atom stereocenters. The van der Waals surface area contributed by atoms with Crippen molar-refractivity contribution in [1.82, 2.24) is 0 Å². The zero-order valence-corrected chi connectivity index (χ0v) is 31.2. The van der Waals surface area contributed by atoms with Crippen LogP contribution in [0.2, 0.25) is 0 Å². The molecule has 0 bridgehead atoms. The van der Waals surface area contributed by atoms with Gasteiger partial charge >= 0.3 is 16.8 Å². The molecule has 0 aromatic heterocycles. The van der Waals surface area contributed by atoms with Crippen molar-refractivity contribution in [1.29, 1.82) is 0 Å². The summed E-state index contributed by atoms with van der Waals surface area (Å²) in [7, 11) is 0. The molecule has 4 aromatic carbocycles. The summed E-state index contributed by atoms with van der Waals surface area (Å²) in [5.74, 6) is -1.61. The van der Waals surface area contributed by atoms with Gasteiger partial charge in [0.2, 0.25) is 0 Å². The molecule has 50 heavy (non-hydrogen) atoms. The Labute approximate surface area is 306 Å². The van der Waals surface area contributed by atoms with Crippen LogP contribution in [-0.2, 0) is 37.2 Å². The van der Waals surface area contributed by atoms with Crippen molar-refractivity contribution >= 4 is 24.4 Å². The van der Waals surface area contributed by atoms with Crippen molar-refractivity contribution in [3.05, 3.63) is 107 Å². The fraction of sp³-hybridized carbons (Fsp3) is 0.317. The van der Waals surface area contributed by atoms with E-state index in [9.17, 15) is 10.2 Å². The Hall–Kier alpha value is -4.73. The van der Waals surface area contributed by atoms with E-state index >= 15 is 0 Å². The van der Waals surface area contributed by atoms with Gasteiger partial charge < -0.3 is 30.0 Å². The molecule has 8 nitrogen and oxygen atoms in total. The molecule has 1 radical (unpaired) electrons. The first-order valence-corrected chi connectivity index (χ1v) is 16.1.